The fraction of sp³-hybridized carbons (Fsp3) is 0.500. The molecule has 0 atom stereocenters. The minimum absolute atomic E-state index is 0.169. The number of aliphatic hydroxyl groups excluding tert-OH is 1. The van der Waals surface area contributed by atoms with Crippen LogP contribution >= 0.6 is 0 Å². The lowest BCUT2D eigenvalue weighted by atomic mass is 10.1. The first-order chi connectivity index (χ1) is 13.1. The number of carbonyl (C=O) groups excluding carboxylic acids is 2. The van der Waals surface area contributed by atoms with Gasteiger partial charge in [-0.15, -0.1) is 0 Å². The third-order valence-corrected chi connectivity index (χ3v) is 3.67. The average Bonchev–Trinajstić information content (AvgIpc) is 2.69. The first-order valence-electron chi connectivity index (χ1n) is 8.94. The number of hydrogen-bond donors (Lipinski definition) is 1. The summed E-state index contributed by atoms with van der Waals surface area (Å²) < 4.78 is 20.7. The highest BCUT2D eigenvalue weighted by molar-refractivity contribution is 5.87. The summed E-state index contributed by atoms with van der Waals surface area (Å²) in [5.74, 6) is 0.478. The van der Waals surface area contributed by atoms with Crippen molar-refractivity contribution in [1.29, 1.82) is 0 Å². The molecule has 1 N–H and O–H groups in total. The number of ether oxygens (including phenoxy) is 4. The molecule has 0 radical (unpaired) electrons. The van der Waals surface area contributed by atoms with Crippen molar-refractivity contribution in [3.05, 3.63) is 29.8 Å². The second-order valence-electron chi connectivity index (χ2n) is 5.72. The Morgan fingerprint density at radius 3 is 2.48 bits per heavy atom. The van der Waals surface area contributed by atoms with Gasteiger partial charge in [0, 0.05) is 30.7 Å². The van der Waals surface area contributed by atoms with E-state index in [1.54, 1.807) is 24.3 Å². The van der Waals surface area contributed by atoms with Crippen LogP contribution in [0.5, 0.6) is 11.5 Å². The van der Waals surface area contributed by atoms with Crippen LogP contribution < -0.4 is 9.47 Å². The number of rotatable bonds is 13. The minimum atomic E-state index is -0.452. The molecule has 0 aliphatic carbocycles. The molecule has 0 bridgehead atoms. The molecule has 0 aliphatic heterocycles. The van der Waals surface area contributed by atoms with E-state index in [2.05, 4.69) is 9.47 Å². The molecule has 0 heterocycles. The lowest BCUT2D eigenvalue weighted by molar-refractivity contribution is -0.140. The van der Waals surface area contributed by atoms with E-state index in [-0.39, 0.29) is 12.6 Å². The van der Waals surface area contributed by atoms with E-state index < -0.39 is 5.97 Å². The van der Waals surface area contributed by atoms with Crippen molar-refractivity contribution < 1.29 is 33.6 Å². The fourth-order valence-electron chi connectivity index (χ4n) is 2.17. The second kappa shape index (κ2) is 13.6. The molecule has 27 heavy (non-hydrogen) atoms. The first-order valence-corrected chi connectivity index (χ1v) is 8.94. The zero-order valence-corrected chi connectivity index (χ0v) is 15.9. The van der Waals surface area contributed by atoms with Crippen LogP contribution in [0.25, 0.3) is 6.08 Å². The van der Waals surface area contributed by atoms with Gasteiger partial charge in [0.2, 0.25) is 0 Å². The highest BCUT2D eigenvalue weighted by atomic mass is 16.5. The molecule has 0 spiro atoms. The van der Waals surface area contributed by atoms with Crippen LogP contribution in [0.15, 0.2) is 24.3 Å². The fourth-order valence-corrected chi connectivity index (χ4v) is 2.17. The monoisotopic (exact) mass is 380 g/mol. The van der Waals surface area contributed by atoms with Crippen molar-refractivity contribution in [3.8, 4) is 11.5 Å². The van der Waals surface area contributed by atoms with Crippen molar-refractivity contribution in [3.63, 3.8) is 0 Å². The van der Waals surface area contributed by atoms with E-state index in [9.17, 15) is 9.59 Å². The molecule has 0 aliphatic rings. The summed E-state index contributed by atoms with van der Waals surface area (Å²) >= 11 is 0. The number of hydrogen-bond acceptors (Lipinski definition) is 7. The van der Waals surface area contributed by atoms with E-state index >= 15 is 0 Å². The Hall–Kier alpha value is -2.54. The third-order valence-electron chi connectivity index (χ3n) is 3.67. The summed E-state index contributed by atoms with van der Waals surface area (Å²) in [6, 6.07) is 5.31. The summed E-state index contributed by atoms with van der Waals surface area (Å²) in [6.45, 7) is 1.04. The highest BCUT2D eigenvalue weighted by Crippen LogP contribution is 2.27. The van der Waals surface area contributed by atoms with Gasteiger partial charge in [0.1, 0.15) is 11.5 Å². The van der Waals surface area contributed by atoms with Crippen molar-refractivity contribution in [2.75, 3.05) is 34.0 Å². The number of carbonyl (C=O) groups is 2. The van der Waals surface area contributed by atoms with E-state index in [1.807, 2.05) is 0 Å². The van der Waals surface area contributed by atoms with E-state index in [0.717, 1.165) is 24.8 Å². The summed E-state index contributed by atoms with van der Waals surface area (Å²) in [5.41, 5.74) is 0.726. The largest absolute Gasteiger partial charge is 0.493 e. The third kappa shape index (κ3) is 9.65. The van der Waals surface area contributed by atoms with Crippen LogP contribution in [0.3, 0.4) is 0 Å². The van der Waals surface area contributed by atoms with Gasteiger partial charge in [-0.25, -0.2) is 4.79 Å². The average molecular weight is 380 g/mol. The Morgan fingerprint density at radius 2 is 1.78 bits per heavy atom. The number of methoxy groups -OCH3 is 2. The van der Waals surface area contributed by atoms with E-state index in [1.165, 1.54) is 20.3 Å². The Morgan fingerprint density at radius 1 is 1.00 bits per heavy atom. The molecule has 0 unspecified atom stereocenters. The van der Waals surface area contributed by atoms with Gasteiger partial charge in [-0.2, -0.15) is 0 Å². The van der Waals surface area contributed by atoms with Crippen LogP contribution in [0.2, 0.25) is 0 Å². The SMILES string of the molecule is COC(=O)/C=C/c1ccc(OCCCC(=O)OC)cc1OCCCCCO. The maximum absolute atomic E-state index is 11.3. The second-order valence-corrected chi connectivity index (χ2v) is 5.72. The highest BCUT2D eigenvalue weighted by Gasteiger charge is 2.06. The molecule has 7 nitrogen and oxygen atoms in total. The summed E-state index contributed by atoms with van der Waals surface area (Å²) in [7, 11) is 2.67. The molecule has 1 rings (SSSR count). The maximum atomic E-state index is 11.3. The Labute approximate surface area is 159 Å². The molecule has 0 saturated carbocycles. The molecular weight excluding hydrogens is 352 g/mol. The molecule has 1 aromatic rings. The Bertz CT molecular complexity index is 610. The number of benzene rings is 1. The van der Waals surface area contributed by atoms with Crippen molar-refractivity contribution >= 4 is 18.0 Å². The van der Waals surface area contributed by atoms with Crippen LogP contribution in [0.4, 0.5) is 0 Å². The normalized spacial score (nSPS) is 10.6. The number of aliphatic hydroxyl groups is 1. The van der Waals surface area contributed by atoms with E-state index in [4.69, 9.17) is 14.6 Å². The zero-order chi connectivity index (χ0) is 19.9. The predicted molar refractivity (Wildman–Crippen MR) is 101 cm³/mol. The van der Waals surface area contributed by atoms with Crippen LogP contribution in [0, 0.1) is 0 Å². The topological polar surface area (TPSA) is 91.3 Å². The summed E-state index contributed by atoms with van der Waals surface area (Å²) in [6.07, 6.45) is 6.21. The lowest BCUT2D eigenvalue weighted by Gasteiger charge is -2.12. The minimum Gasteiger partial charge on any atom is -0.493 e. The lowest BCUT2D eigenvalue weighted by Crippen LogP contribution is -2.05. The first kappa shape index (κ1) is 22.5. The van der Waals surface area contributed by atoms with Gasteiger partial charge >= 0.3 is 11.9 Å². The van der Waals surface area contributed by atoms with Crippen molar-refractivity contribution in [2.45, 2.75) is 32.1 Å². The van der Waals surface area contributed by atoms with Crippen LogP contribution in [-0.2, 0) is 19.1 Å². The molecular formula is C20H28O7. The number of unbranched alkanes of at least 4 members (excludes halogenated alkanes) is 2. The molecule has 0 aromatic heterocycles. The molecule has 0 fully saturated rings. The number of esters is 2. The van der Waals surface area contributed by atoms with Gasteiger partial charge in [-0.1, -0.05) is 0 Å². The van der Waals surface area contributed by atoms with Gasteiger partial charge in [-0.3, -0.25) is 4.79 Å². The molecule has 0 amide bonds. The van der Waals surface area contributed by atoms with Gasteiger partial charge in [0.25, 0.3) is 0 Å². The Balaban J connectivity index is 2.70. The molecule has 7 heteroatoms. The van der Waals surface area contributed by atoms with Gasteiger partial charge in [0.15, 0.2) is 0 Å². The Kier molecular flexibility index (Phi) is 11.4. The quantitative estimate of drug-likeness (QED) is 0.320. The van der Waals surface area contributed by atoms with Gasteiger partial charge in [-0.05, 0) is 43.9 Å². The van der Waals surface area contributed by atoms with Crippen LogP contribution in [0.1, 0.15) is 37.7 Å². The smallest absolute Gasteiger partial charge is 0.330 e. The van der Waals surface area contributed by atoms with Crippen LogP contribution in [-0.4, -0.2) is 51.1 Å². The maximum Gasteiger partial charge on any atom is 0.330 e. The predicted octanol–water partition coefficient (Wildman–Crippen LogP) is 2.75. The van der Waals surface area contributed by atoms with E-state index in [0.29, 0.717) is 37.6 Å². The van der Waals surface area contributed by atoms with Gasteiger partial charge < -0.3 is 24.1 Å². The summed E-state index contributed by atoms with van der Waals surface area (Å²) in [5, 5.41) is 8.82. The standard InChI is InChI=1S/C20H28O7/c1-24-19(22)7-6-14-26-17-10-8-16(9-11-20(23)25-2)18(15-17)27-13-5-3-4-12-21/h8-11,15,21H,3-7,12-14H2,1-2H3/b11-9+. The van der Waals surface area contributed by atoms with Crippen molar-refractivity contribution in [1.82, 2.24) is 0 Å². The zero-order valence-electron chi connectivity index (χ0n) is 15.9. The molecule has 0 saturated heterocycles. The molecule has 150 valence electrons. The van der Waals surface area contributed by atoms with Crippen molar-refractivity contribution in [2.24, 2.45) is 0 Å². The van der Waals surface area contributed by atoms with Gasteiger partial charge in [0.05, 0.1) is 27.4 Å². The molecule has 1 aromatic carbocycles. The summed E-state index contributed by atoms with van der Waals surface area (Å²) in [4.78, 5) is 22.4.